The second-order valence-corrected chi connectivity index (χ2v) is 1.72. The molecule has 0 aromatic rings. The number of nitrogens with two attached hydrogens (primary N) is 1. The SMILES string of the molecule is C/C=C(\C=O)C(N)C(=O)O. The molecule has 0 aromatic heterocycles. The third kappa shape index (κ3) is 1.99. The van der Waals surface area contributed by atoms with Crippen molar-refractivity contribution in [2.24, 2.45) is 5.73 Å². The summed E-state index contributed by atoms with van der Waals surface area (Å²) in [6, 6.07) is -1.19. The Bertz CT molecular complexity index is 174. The highest BCUT2D eigenvalue weighted by Crippen LogP contribution is 1.94. The zero-order chi connectivity index (χ0) is 8.15. The van der Waals surface area contributed by atoms with E-state index in [1.165, 1.54) is 6.08 Å². The normalized spacial score (nSPS) is 14.4. The maximum Gasteiger partial charge on any atom is 0.325 e. The van der Waals surface area contributed by atoms with Crippen LogP contribution in [-0.2, 0) is 9.59 Å². The molecule has 0 fully saturated rings. The van der Waals surface area contributed by atoms with E-state index in [1.807, 2.05) is 0 Å². The Balaban J connectivity index is 4.31. The zero-order valence-electron chi connectivity index (χ0n) is 5.57. The number of carbonyl (C=O) groups is 2. The van der Waals surface area contributed by atoms with Crippen LogP contribution in [0.4, 0.5) is 0 Å². The molecule has 1 unspecified atom stereocenters. The minimum Gasteiger partial charge on any atom is -0.480 e. The van der Waals surface area contributed by atoms with Crippen LogP contribution in [0.3, 0.4) is 0 Å². The minimum absolute atomic E-state index is 0.0903. The largest absolute Gasteiger partial charge is 0.480 e. The topological polar surface area (TPSA) is 80.4 Å². The predicted octanol–water partition coefficient (Wildman–Crippen LogP) is -0.457. The van der Waals surface area contributed by atoms with Gasteiger partial charge in [-0.2, -0.15) is 0 Å². The van der Waals surface area contributed by atoms with Crippen molar-refractivity contribution in [1.29, 1.82) is 0 Å². The highest BCUT2D eigenvalue weighted by Gasteiger charge is 2.14. The molecule has 0 rings (SSSR count). The summed E-state index contributed by atoms with van der Waals surface area (Å²) in [6.07, 6.45) is 1.82. The average Bonchev–Trinajstić information content (AvgIpc) is 1.90. The van der Waals surface area contributed by atoms with E-state index >= 15 is 0 Å². The second kappa shape index (κ2) is 3.79. The second-order valence-electron chi connectivity index (χ2n) is 1.72. The number of carboxylic acids is 1. The van der Waals surface area contributed by atoms with Gasteiger partial charge in [0.25, 0.3) is 0 Å². The van der Waals surface area contributed by atoms with E-state index in [0.717, 1.165) is 0 Å². The monoisotopic (exact) mass is 143 g/mol. The van der Waals surface area contributed by atoms with Crippen molar-refractivity contribution in [2.75, 3.05) is 0 Å². The van der Waals surface area contributed by atoms with Gasteiger partial charge in [-0.05, 0) is 6.92 Å². The van der Waals surface area contributed by atoms with E-state index in [2.05, 4.69) is 0 Å². The summed E-state index contributed by atoms with van der Waals surface area (Å²) in [4.78, 5) is 20.2. The molecule has 0 aliphatic carbocycles. The first kappa shape index (κ1) is 8.84. The smallest absolute Gasteiger partial charge is 0.325 e. The van der Waals surface area contributed by atoms with Crippen molar-refractivity contribution in [3.63, 3.8) is 0 Å². The molecule has 0 radical (unpaired) electrons. The third-order valence-corrected chi connectivity index (χ3v) is 1.09. The first-order chi connectivity index (χ1) is 4.63. The predicted molar refractivity (Wildman–Crippen MR) is 35.4 cm³/mol. The Hall–Kier alpha value is -1.16. The molecule has 0 aliphatic rings. The van der Waals surface area contributed by atoms with Crippen LogP contribution in [0.2, 0.25) is 0 Å². The van der Waals surface area contributed by atoms with Crippen molar-refractivity contribution in [3.8, 4) is 0 Å². The lowest BCUT2D eigenvalue weighted by Crippen LogP contribution is -2.32. The molecule has 10 heavy (non-hydrogen) atoms. The first-order valence-electron chi connectivity index (χ1n) is 2.73. The van der Waals surface area contributed by atoms with Gasteiger partial charge in [0.05, 0.1) is 0 Å². The summed E-state index contributed by atoms with van der Waals surface area (Å²) in [5.74, 6) is -1.19. The maximum atomic E-state index is 10.1. The molecule has 56 valence electrons. The molecular formula is C6H9NO3. The summed E-state index contributed by atoms with van der Waals surface area (Å²) in [7, 11) is 0. The summed E-state index contributed by atoms with van der Waals surface area (Å²) >= 11 is 0. The van der Waals surface area contributed by atoms with E-state index in [0.29, 0.717) is 6.29 Å². The summed E-state index contributed by atoms with van der Waals surface area (Å²) in [5.41, 5.74) is 5.17. The standard InChI is InChI=1S/C6H9NO3/c1-2-4(3-8)5(7)6(9)10/h2-3,5H,7H2,1H3,(H,9,10)/b4-2+. The van der Waals surface area contributed by atoms with Gasteiger partial charge in [-0.1, -0.05) is 6.08 Å². The van der Waals surface area contributed by atoms with Crippen LogP contribution in [-0.4, -0.2) is 23.4 Å². The fraction of sp³-hybridized carbons (Fsp3) is 0.333. The van der Waals surface area contributed by atoms with Crippen molar-refractivity contribution in [1.82, 2.24) is 0 Å². The van der Waals surface area contributed by atoms with Crippen LogP contribution in [0.25, 0.3) is 0 Å². The molecular weight excluding hydrogens is 134 g/mol. The zero-order valence-corrected chi connectivity index (χ0v) is 5.57. The molecule has 0 heterocycles. The van der Waals surface area contributed by atoms with Crippen LogP contribution in [0.5, 0.6) is 0 Å². The van der Waals surface area contributed by atoms with Gasteiger partial charge < -0.3 is 10.8 Å². The summed E-state index contributed by atoms with van der Waals surface area (Å²) in [5, 5.41) is 8.29. The number of carboxylic acid groups (broad SMARTS) is 1. The molecule has 0 bridgehead atoms. The Labute approximate surface area is 58.3 Å². The molecule has 0 amide bonds. The number of rotatable bonds is 3. The quantitative estimate of drug-likeness (QED) is 0.414. The van der Waals surface area contributed by atoms with Crippen molar-refractivity contribution in [3.05, 3.63) is 11.6 Å². The molecule has 3 N–H and O–H groups in total. The van der Waals surface area contributed by atoms with Crippen molar-refractivity contribution >= 4 is 12.3 Å². The van der Waals surface area contributed by atoms with E-state index in [1.54, 1.807) is 6.92 Å². The van der Waals surface area contributed by atoms with E-state index in [-0.39, 0.29) is 5.57 Å². The Kier molecular flexibility index (Phi) is 3.35. The number of hydrogen-bond donors (Lipinski definition) is 2. The molecule has 0 spiro atoms. The van der Waals surface area contributed by atoms with Crippen LogP contribution >= 0.6 is 0 Å². The van der Waals surface area contributed by atoms with E-state index < -0.39 is 12.0 Å². The van der Waals surface area contributed by atoms with Gasteiger partial charge in [0.15, 0.2) is 0 Å². The lowest BCUT2D eigenvalue weighted by molar-refractivity contribution is -0.138. The molecule has 0 aromatic carbocycles. The van der Waals surface area contributed by atoms with Crippen molar-refractivity contribution in [2.45, 2.75) is 13.0 Å². The van der Waals surface area contributed by atoms with Crippen LogP contribution < -0.4 is 5.73 Å². The number of carbonyl (C=O) groups excluding carboxylic acids is 1. The molecule has 0 aliphatic heterocycles. The van der Waals surface area contributed by atoms with Gasteiger partial charge in [-0.25, -0.2) is 0 Å². The number of aliphatic carboxylic acids is 1. The fourth-order valence-corrected chi connectivity index (χ4v) is 0.463. The fourth-order valence-electron chi connectivity index (χ4n) is 0.463. The Morgan fingerprint density at radius 2 is 2.20 bits per heavy atom. The van der Waals surface area contributed by atoms with Crippen LogP contribution in [0.1, 0.15) is 6.92 Å². The molecule has 0 saturated heterocycles. The van der Waals surface area contributed by atoms with Crippen molar-refractivity contribution < 1.29 is 14.7 Å². The third-order valence-electron chi connectivity index (χ3n) is 1.09. The first-order valence-corrected chi connectivity index (χ1v) is 2.73. The Morgan fingerprint density at radius 3 is 2.30 bits per heavy atom. The Morgan fingerprint density at radius 1 is 1.70 bits per heavy atom. The maximum absolute atomic E-state index is 10.1. The van der Waals surface area contributed by atoms with Crippen LogP contribution in [0, 0.1) is 0 Å². The van der Waals surface area contributed by atoms with Gasteiger partial charge in [0.2, 0.25) is 0 Å². The average molecular weight is 143 g/mol. The van der Waals surface area contributed by atoms with Gasteiger partial charge in [0, 0.05) is 5.57 Å². The highest BCUT2D eigenvalue weighted by atomic mass is 16.4. The number of hydrogen-bond acceptors (Lipinski definition) is 3. The summed E-state index contributed by atoms with van der Waals surface area (Å²) < 4.78 is 0. The summed E-state index contributed by atoms with van der Waals surface area (Å²) in [6.45, 7) is 1.56. The lowest BCUT2D eigenvalue weighted by Gasteiger charge is -2.02. The number of aldehydes is 1. The van der Waals surface area contributed by atoms with Gasteiger partial charge >= 0.3 is 5.97 Å². The van der Waals surface area contributed by atoms with E-state index in [4.69, 9.17) is 10.8 Å². The van der Waals surface area contributed by atoms with Crippen LogP contribution in [0.15, 0.2) is 11.6 Å². The molecule has 0 saturated carbocycles. The number of allylic oxidation sites excluding steroid dienone is 1. The van der Waals surface area contributed by atoms with E-state index in [9.17, 15) is 9.59 Å². The highest BCUT2D eigenvalue weighted by molar-refractivity contribution is 5.88. The van der Waals surface area contributed by atoms with Gasteiger partial charge in [-0.3, -0.25) is 9.59 Å². The lowest BCUT2D eigenvalue weighted by atomic mass is 10.1. The van der Waals surface area contributed by atoms with Gasteiger partial charge in [-0.15, -0.1) is 0 Å². The van der Waals surface area contributed by atoms with Gasteiger partial charge in [0.1, 0.15) is 12.3 Å². The minimum atomic E-state index is -1.19. The molecule has 4 nitrogen and oxygen atoms in total. The molecule has 4 heteroatoms. The molecule has 1 atom stereocenters.